The van der Waals surface area contributed by atoms with E-state index >= 15 is 0 Å². The van der Waals surface area contributed by atoms with Gasteiger partial charge in [0.05, 0.1) is 11.1 Å². The molecule has 0 bridgehead atoms. The average Bonchev–Trinajstić information content (AvgIpc) is 3.63. The van der Waals surface area contributed by atoms with Gasteiger partial charge >= 0.3 is 0 Å². The summed E-state index contributed by atoms with van der Waals surface area (Å²) in [5.41, 5.74) is 10.3. The Labute approximate surface area is 280 Å². The van der Waals surface area contributed by atoms with Gasteiger partial charge in [0.15, 0.2) is 0 Å². The van der Waals surface area contributed by atoms with Crippen molar-refractivity contribution in [1.82, 2.24) is 0 Å². The van der Waals surface area contributed by atoms with Crippen LogP contribution in [0.4, 0.5) is 17.1 Å². The van der Waals surface area contributed by atoms with E-state index in [0.29, 0.717) is 0 Å². The molecule has 0 amide bonds. The van der Waals surface area contributed by atoms with Gasteiger partial charge in [-0.2, -0.15) is 0 Å². The topological polar surface area (TPSA) is 16.4 Å². The van der Waals surface area contributed by atoms with Crippen molar-refractivity contribution in [2.24, 2.45) is 0 Å². The first-order chi connectivity index (χ1) is 22.6. The number of benzene rings is 6. The maximum atomic E-state index is 6.94. The number of thiophene rings is 1. The Bertz CT molecular complexity index is 2400. The van der Waals surface area contributed by atoms with Crippen LogP contribution in [0.5, 0.6) is 0 Å². The maximum absolute atomic E-state index is 6.94. The first kappa shape index (κ1) is 29.5. The molecule has 0 radical (unpaired) electrons. The number of nitrogens with zero attached hydrogens (tertiary/aromatic N) is 1. The first-order valence-electron chi connectivity index (χ1n) is 16.4. The van der Waals surface area contributed by atoms with Crippen molar-refractivity contribution in [3.05, 3.63) is 139 Å². The lowest BCUT2D eigenvalue weighted by Gasteiger charge is -2.27. The summed E-state index contributed by atoms with van der Waals surface area (Å²) < 4.78 is 9.45. The van der Waals surface area contributed by atoms with E-state index in [0.717, 1.165) is 39.0 Å². The van der Waals surface area contributed by atoms with E-state index in [9.17, 15) is 0 Å². The van der Waals surface area contributed by atoms with E-state index in [1.807, 2.05) is 11.3 Å². The summed E-state index contributed by atoms with van der Waals surface area (Å²) in [7, 11) is 0. The number of hydrogen-bond acceptors (Lipinski definition) is 3. The van der Waals surface area contributed by atoms with Gasteiger partial charge < -0.3 is 9.32 Å². The lowest BCUT2D eigenvalue weighted by molar-refractivity contribution is 0.590. The van der Waals surface area contributed by atoms with E-state index in [4.69, 9.17) is 4.42 Å². The number of rotatable bonds is 4. The second-order valence-electron chi connectivity index (χ2n) is 14.7. The Hall–Kier alpha value is -4.86. The summed E-state index contributed by atoms with van der Waals surface area (Å²) in [5.74, 6) is 0. The predicted molar refractivity (Wildman–Crippen MR) is 204 cm³/mol. The molecule has 3 heteroatoms. The van der Waals surface area contributed by atoms with Gasteiger partial charge in [0.2, 0.25) is 0 Å². The third-order valence-electron chi connectivity index (χ3n) is 9.37. The van der Waals surface area contributed by atoms with E-state index in [1.54, 1.807) is 0 Å². The van der Waals surface area contributed by atoms with Crippen LogP contribution in [0.2, 0.25) is 0 Å². The summed E-state index contributed by atoms with van der Waals surface area (Å²) >= 11 is 1.85. The van der Waals surface area contributed by atoms with Crippen LogP contribution >= 0.6 is 11.3 Å². The smallest absolute Gasteiger partial charge is 0.146 e. The van der Waals surface area contributed by atoms with Gasteiger partial charge in [0.1, 0.15) is 11.2 Å². The van der Waals surface area contributed by atoms with Crippen molar-refractivity contribution < 1.29 is 4.42 Å². The zero-order valence-corrected chi connectivity index (χ0v) is 28.7. The molecule has 0 fully saturated rings. The highest BCUT2D eigenvalue weighted by molar-refractivity contribution is 7.26. The fourth-order valence-electron chi connectivity index (χ4n) is 6.72. The number of para-hydroxylation sites is 1. The van der Waals surface area contributed by atoms with Crippen molar-refractivity contribution in [1.29, 1.82) is 0 Å². The standard InChI is InChI=1S/C44H39NOS/c1-43(2,3)30-19-23-37-34(25-30)40-36(27-39-41(42(40)46-37)35-26-31(44(4,5)6)20-24-38(35)47-39)45(32-15-11-8-12-16-32)33-21-17-29(18-22-33)28-13-9-7-10-14-28/h7-27H,1-6H3. The van der Waals surface area contributed by atoms with Crippen LogP contribution in [0, 0.1) is 0 Å². The van der Waals surface area contributed by atoms with Crippen LogP contribution in [0.25, 0.3) is 53.2 Å². The first-order valence-corrected chi connectivity index (χ1v) is 17.2. The molecule has 232 valence electrons. The highest BCUT2D eigenvalue weighted by Crippen LogP contribution is 2.50. The molecule has 0 aliphatic rings. The van der Waals surface area contributed by atoms with Gasteiger partial charge in [0.25, 0.3) is 0 Å². The van der Waals surface area contributed by atoms with Crippen LogP contribution in [-0.2, 0) is 10.8 Å². The van der Waals surface area contributed by atoms with Crippen LogP contribution in [0.3, 0.4) is 0 Å². The van der Waals surface area contributed by atoms with Crippen LogP contribution in [0.1, 0.15) is 52.7 Å². The van der Waals surface area contributed by atoms with E-state index in [1.165, 1.54) is 42.4 Å². The average molecular weight is 630 g/mol. The minimum Gasteiger partial charge on any atom is -0.455 e. The summed E-state index contributed by atoms with van der Waals surface area (Å²) in [6, 6.07) is 46.4. The quantitative estimate of drug-likeness (QED) is 0.193. The Kier molecular flexibility index (Phi) is 6.82. The lowest BCUT2D eigenvalue weighted by atomic mass is 9.86. The molecule has 8 aromatic rings. The number of fused-ring (bicyclic) bond motifs is 7. The van der Waals surface area contributed by atoms with Crippen molar-refractivity contribution in [3.8, 4) is 11.1 Å². The molecule has 0 aliphatic carbocycles. The van der Waals surface area contributed by atoms with Crippen molar-refractivity contribution in [2.75, 3.05) is 4.90 Å². The summed E-state index contributed by atoms with van der Waals surface area (Å²) in [6.07, 6.45) is 0. The molecule has 2 heterocycles. The molecule has 2 nitrogen and oxygen atoms in total. The molecule has 2 aromatic heterocycles. The summed E-state index contributed by atoms with van der Waals surface area (Å²) in [5, 5.41) is 4.77. The monoisotopic (exact) mass is 629 g/mol. The van der Waals surface area contributed by atoms with E-state index in [2.05, 4.69) is 174 Å². The predicted octanol–water partition coefficient (Wildman–Crippen LogP) is 13.7. The second kappa shape index (κ2) is 10.9. The summed E-state index contributed by atoms with van der Waals surface area (Å²) in [6.45, 7) is 13.7. The molecule has 47 heavy (non-hydrogen) atoms. The highest BCUT2D eigenvalue weighted by Gasteiger charge is 2.26. The van der Waals surface area contributed by atoms with Crippen molar-refractivity contribution in [2.45, 2.75) is 52.4 Å². The largest absolute Gasteiger partial charge is 0.455 e. The van der Waals surface area contributed by atoms with Crippen LogP contribution < -0.4 is 4.90 Å². The van der Waals surface area contributed by atoms with E-state index < -0.39 is 0 Å². The molecule has 0 N–H and O–H groups in total. The molecule has 0 saturated heterocycles. The van der Waals surface area contributed by atoms with E-state index in [-0.39, 0.29) is 10.8 Å². The Balaban J connectivity index is 1.47. The molecule has 0 atom stereocenters. The maximum Gasteiger partial charge on any atom is 0.146 e. The van der Waals surface area contributed by atoms with Gasteiger partial charge in [-0.25, -0.2) is 0 Å². The fourth-order valence-corrected chi connectivity index (χ4v) is 7.84. The van der Waals surface area contributed by atoms with Crippen LogP contribution in [0.15, 0.2) is 132 Å². The Morgan fingerprint density at radius 1 is 0.511 bits per heavy atom. The fraction of sp³-hybridized carbons (Fsp3) is 0.182. The molecule has 0 aliphatic heterocycles. The molecule has 0 unspecified atom stereocenters. The van der Waals surface area contributed by atoms with Gasteiger partial charge in [0, 0.05) is 36.9 Å². The number of hydrogen-bond donors (Lipinski definition) is 0. The zero-order chi connectivity index (χ0) is 32.5. The minimum atomic E-state index is 0.00508. The minimum absolute atomic E-state index is 0.00508. The van der Waals surface area contributed by atoms with Crippen LogP contribution in [-0.4, -0.2) is 0 Å². The van der Waals surface area contributed by atoms with Gasteiger partial charge in [-0.1, -0.05) is 114 Å². The summed E-state index contributed by atoms with van der Waals surface area (Å²) in [4.78, 5) is 2.40. The SMILES string of the molecule is CC(C)(C)c1ccc2oc3c(c(N(c4ccccc4)c4ccc(-c5ccccc5)cc4)cc4sc5ccc(C(C)(C)C)cc5c43)c2c1. The molecule has 6 aromatic carbocycles. The Morgan fingerprint density at radius 3 is 1.74 bits per heavy atom. The van der Waals surface area contributed by atoms with Gasteiger partial charge in [-0.3, -0.25) is 0 Å². The number of furan rings is 1. The third kappa shape index (κ3) is 5.10. The van der Waals surface area contributed by atoms with Gasteiger partial charge in [-0.05, 0) is 87.7 Å². The van der Waals surface area contributed by atoms with Crippen molar-refractivity contribution in [3.63, 3.8) is 0 Å². The van der Waals surface area contributed by atoms with Crippen molar-refractivity contribution >= 4 is 70.5 Å². The normalized spacial score (nSPS) is 12.5. The number of anilines is 3. The zero-order valence-electron chi connectivity index (χ0n) is 27.9. The third-order valence-corrected chi connectivity index (χ3v) is 10.5. The molecule has 8 rings (SSSR count). The molecule has 0 saturated carbocycles. The Morgan fingerprint density at radius 2 is 1.09 bits per heavy atom. The molecule has 0 spiro atoms. The highest BCUT2D eigenvalue weighted by atomic mass is 32.1. The lowest BCUT2D eigenvalue weighted by Crippen LogP contribution is -2.11. The molecular weight excluding hydrogens is 591 g/mol. The van der Waals surface area contributed by atoms with Gasteiger partial charge in [-0.15, -0.1) is 11.3 Å². The second-order valence-corrected chi connectivity index (χ2v) is 15.8. The molecular formula is C44H39NOS.